The Morgan fingerprint density at radius 2 is 1.81 bits per heavy atom. The molecule has 21 heavy (non-hydrogen) atoms. The van der Waals surface area contributed by atoms with Crippen LogP contribution in [0.15, 0.2) is 60.0 Å². The Hall–Kier alpha value is -2.35. The Morgan fingerprint density at radius 3 is 2.57 bits per heavy atom. The van der Waals surface area contributed by atoms with Crippen LogP contribution < -0.4 is 5.32 Å². The highest BCUT2D eigenvalue weighted by atomic mass is 32.1. The molecular weight excluding hydrogens is 298 g/mol. The molecule has 1 amide bonds. The zero-order valence-electron chi connectivity index (χ0n) is 11.0. The van der Waals surface area contributed by atoms with E-state index < -0.39 is 0 Å². The van der Waals surface area contributed by atoms with Crippen molar-refractivity contribution in [2.75, 3.05) is 5.32 Å². The summed E-state index contributed by atoms with van der Waals surface area (Å²) in [5.74, 6) is 5.23. The van der Waals surface area contributed by atoms with Crippen LogP contribution in [-0.4, -0.2) is 5.91 Å². The molecular formula is C17H11NOS2. The second-order valence-electron chi connectivity index (χ2n) is 4.21. The van der Waals surface area contributed by atoms with Crippen LogP contribution in [0.25, 0.3) is 9.75 Å². The quantitative estimate of drug-likeness (QED) is 0.695. The second kappa shape index (κ2) is 6.40. The number of nitrogens with one attached hydrogen (secondary N) is 1. The molecule has 3 aromatic rings. The molecule has 3 rings (SSSR count). The second-order valence-corrected chi connectivity index (χ2v) is 6.24. The van der Waals surface area contributed by atoms with Crippen LogP contribution >= 0.6 is 22.7 Å². The predicted octanol–water partition coefficient (Wildman–Crippen LogP) is 4.47. The molecule has 0 unspecified atom stereocenters. The minimum absolute atomic E-state index is 0.299. The fraction of sp³-hybridized carbons (Fsp3) is 0. The van der Waals surface area contributed by atoms with E-state index in [0.717, 1.165) is 10.6 Å². The monoisotopic (exact) mass is 309 g/mol. The van der Waals surface area contributed by atoms with E-state index in [1.807, 2.05) is 53.9 Å². The van der Waals surface area contributed by atoms with Gasteiger partial charge in [0.2, 0.25) is 0 Å². The van der Waals surface area contributed by atoms with Gasteiger partial charge in [0.05, 0.1) is 4.88 Å². The molecule has 2 aromatic heterocycles. The van der Waals surface area contributed by atoms with Gasteiger partial charge in [-0.25, -0.2) is 0 Å². The summed E-state index contributed by atoms with van der Waals surface area (Å²) in [6.45, 7) is 0. The summed E-state index contributed by atoms with van der Waals surface area (Å²) in [7, 11) is 0. The molecule has 2 heterocycles. The van der Waals surface area contributed by atoms with Crippen molar-refractivity contribution in [2.24, 2.45) is 0 Å². The molecule has 1 aromatic carbocycles. The molecule has 0 aliphatic heterocycles. The maximum Gasteiger partial charge on any atom is 0.300 e. The summed E-state index contributed by atoms with van der Waals surface area (Å²) >= 11 is 3.29. The number of anilines is 1. The lowest BCUT2D eigenvalue weighted by Gasteiger charge is -1.98. The molecule has 0 aliphatic rings. The number of rotatable bonds is 2. The maximum atomic E-state index is 11.7. The first-order chi connectivity index (χ1) is 10.3. The lowest BCUT2D eigenvalue weighted by atomic mass is 10.3. The maximum absolute atomic E-state index is 11.7. The molecule has 0 saturated heterocycles. The summed E-state index contributed by atoms with van der Waals surface area (Å²) in [5.41, 5.74) is 0.752. The van der Waals surface area contributed by atoms with Gasteiger partial charge >= 0.3 is 5.91 Å². The number of hydrogen-bond donors (Lipinski definition) is 1. The zero-order chi connectivity index (χ0) is 14.5. The Balaban J connectivity index is 1.69. The number of carbonyl (C=O) groups is 1. The average Bonchev–Trinajstić information content (AvgIpc) is 3.17. The molecule has 1 N–H and O–H groups in total. The standard InChI is InChI=1S/C17H11NOS2/c19-17(18-13-5-2-1-3-6-13)11-9-14-8-10-16(21-14)15-7-4-12-20-15/h1-8,10,12H,(H,18,19). The predicted molar refractivity (Wildman–Crippen MR) is 89.6 cm³/mol. The summed E-state index contributed by atoms with van der Waals surface area (Å²) in [5, 5.41) is 4.79. The lowest BCUT2D eigenvalue weighted by molar-refractivity contribution is -0.111. The Bertz CT molecular complexity index is 792. The van der Waals surface area contributed by atoms with Gasteiger partial charge in [-0.2, -0.15) is 0 Å². The number of thiophene rings is 2. The first-order valence-corrected chi connectivity index (χ1v) is 8.03. The number of para-hydroxylation sites is 1. The van der Waals surface area contributed by atoms with E-state index in [2.05, 4.69) is 23.2 Å². The van der Waals surface area contributed by atoms with E-state index in [1.54, 1.807) is 22.7 Å². The number of hydrogen-bond acceptors (Lipinski definition) is 3. The highest BCUT2D eigenvalue weighted by Gasteiger charge is 2.02. The number of carbonyl (C=O) groups excluding carboxylic acids is 1. The van der Waals surface area contributed by atoms with Crippen molar-refractivity contribution >= 4 is 34.3 Å². The van der Waals surface area contributed by atoms with Gasteiger partial charge in [0.1, 0.15) is 0 Å². The van der Waals surface area contributed by atoms with Crippen molar-refractivity contribution in [1.29, 1.82) is 0 Å². The third kappa shape index (κ3) is 3.60. The van der Waals surface area contributed by atoms with E-state index in [0.29, 0.717) is 0 Å². The van der Waals surface area contributed by atoms with Crippen LogP contribution in [0.2, 0.25) is 0 Å². The Kier molecular flexibility index (Phi) is 4.15. The van der Waals surface area contributed by atoms with E-state index in [9.17, 15) is 4.79 Å². The van der Waals surface area contributed by atoms with Crippen molar-refractivity contribution in [2.45, 2.75) is 0 Å². The number of amides is 1. The van der Waals surface area contributed by atoms with Crippen LogP contribution in [0, 0.1) is 11.8 Å². The van der Waals surface area contributed by atoms with Crippen LogP contribution in [0.3, 0.4) is 0 Å². The molecule has 102 valence electrons. The van der Waals surface area contributed by atoms with Gasteiger partial charge in [-0.15, -0.1) is 22.7 Å². The van der Waals surface area contributed by atoms with Crippen molar-refractivity contribution in [1.82, 2.24) is 0 Å². The van der Waals surface area contributed by atoms with Gasteiger partial charge in [-0.1, -0.05) is 24.3 Å². The summed E-state index contributed by atoms with van der Waals surface area (Å²) < 4.78 is 0. The average molecular weight is 309 g/mol. The highest BCUT2D eigenvalue weighted by Crippen LogP contribution is 2.30. The number of benzene rings is 1. The molecule has 0 radical (unpaired) electrons. The van der Waals surface area contributed by atoms with E-state index in [1.165, 1.54) is 9.75 Å². The normalized spacial score (nSPS) is 9.71. The fourth-order valence-electron chi connectivity index (χ4n) is 1.76. The van der Waals surface area contributed by atoms with Crippen molar-refractivity contribution in [3.8, 4) is 21.6 Å². The third-order valence-corrected chi connectivity index (χ3v) is 4.77. The molecule has 0 saturated carbocycles. The van der Waals surface area contributed by atoms with Crippen molar-refractivity contribution in [3.05, 3.63) is 64.9 Å². The van der Waals surface area contributed by atoms with Crippen LogP contribution in [0.1, 0.15) is 4.88 Å². The smallest absolute Gasteiger partial charge is 0.300 e. The first-order valence-electron chi connectivity index (χ1n) is 6.33. The summed E-state index contributed by atoms with van der Waals surface area (Å²) in [6, 6.07) is 17.4. The molecule has 0 aliphatic carbocycles. The largest absolute Gasteiger partial charge is 0.315 e. The van der Waals surface area contributed by atoms with Crippen LogP contribution in [0.5, 0.6) is 0 Å². The van der Waals surface area contributed by atoms with Crippen LogP contribution in [0.4, 0.5) is 5.69 Å². The summed E-state index contributed by atoms with van der Waals surface area (Å²) in [6.07, 6.45) is 0. The fourth-order valence-corrected chi connectivity index (χ4v) is 3.45. The topological polar surface area (TPSA) is 29.1 Å². The molecule has 2 nitrogen and oxygen atoms in total. The van der Waals surface area contributed by atoms with Gasteiger partial charge in [-0.05, 0) is 41.6 Å². The van der Waals surface area contributed by atoms with Crippen LogP contribution in [-0.2, 0) is 4.79 Å². The van der Waals surface area contributed by atoms with Gasteiger partial charge in [0.25, 0.3) is 0 Å². The van der Waals surface area contributed by atoms with Crippen molar-refractivity contribution < 1.29 is 4.79 Å². The van der Waals surface area contributed by atoms with Gasteiger partial charge < -0.3 is 5.32 Å². The molecule has 0 atom stereocenters. The SMILES string of the molecule is O=C(C#Cc1ccc(-c2cccs2)s1)Nc1ccccc1. The van der Waals surface area contributed by atoms with Crippen molar-refractivity contribution in [3.63, 3.8) is 0 Å². The van der Waals surface area contributed by atoms with E-state index in [4.69, 9.17) is 0 Å². The lowest BCUT2D eigenvalue weighted by Crippen LogP contribution is -2.07. The molecule has 0 spiro atoms. The first kappa shape index (κ1) is 13.6. The van der Waals surface area contributed by atoms with Gasteiger partial charge in [0, 0.05) is 21.4 Å². The van der Waals surface area contributed by atoms with E-state index >= 15 is 0 Å². The molecule has 0 fully saturated rings. The Morgan fingerprint density at radius 1 is 0.952 bits per heavy atom. The minimum atomic E-state index is -0.299. The zero-order valence-corrected chi connectivity index (χ0v) is 12.6. The minimum Gasteiger partial charge on any atom is -0.315 e. The van der Waals surface area contributed by atoms with Gasteiger partial charge in [-0.3, -0.25) is 4.79 Å². The van der Waals surface area contributed by atoms with Gasteiger partial charge in [0.15, 0.2) is 0 Å². The third-order valence-electron chi connectivity index (χ3n) is 2.70. The molecule has 0 bridgehead atoms. The van der Waals surface area contributed by atoms with E-state index in [-0.39, 0.29) is 5.91 Å². The molecule has 4 heteroatoms. The Labute approximate surface area is 131 Å². The highest BCUT2D eigenvalue weighted by molar-refractivity contribution is 7.21. The summed E-state index contributed by atoms with van der Waals surface area (Å²) in [4.78, 5) is 15.0.